The van der Waals surface area contributed by atoms with Crippen LogP contribution in [0.5, 0.6) is 17.2 Å². The summed E-state index contributed by atoms with van der Waals surface area (Å²) in [5.41, 5.74) is 1.58. The fourth-order valence-corrected chi connectivity index (χ4v) is 4.10. The molecule has 1 saturated carbocycles. The molecule has 1 aliphatic heterocycles. The Hall–Kier alpha value is -3.00. The second kappa shape index (κ2) is 7.60. The number of aromatic nitrogens is 1. The number of ether oxygens (including phenoxy) is 3. The molecule has 0 amide bonds. The predicted octanol–water partition coefficient (Wildman–Crippen LogP) is 4.96. The molecule has 1 aromatic heterocycles. The molecule has 2 heterocycles. The van der Waals surface area contributed by atoms with Crippen molar-refractivity contribution in [3.05, 3.63) is 59.7 Å². The smallest absolute Gasteiger partial charge is 0.490 e. The summed E-state index contributed by atoms with van der Waals surface area (Å²) in [7, 11) is 0. The average Bonchev–Trinajstić information content (AvgIpc) is 3.03. The van der Waals surface area contributed by atoms with Crippen molar-refractivity contribution in [1.82, 2.24) is 10.3 Å². The number of halogens is 3. The third-order valence-electron chi connectivity index (χ3n) is 5.80. The van der Waals surface area contributed by atoms with Crippen LogP contribution in [0.15, 0.2) is 42.7 Å². The molecule has 1 aliphatic carbocycles. The average molecular weight is 430 g/mol. The van der Waals surface area contributed by atoms with Crippen LogP contribution in [-0.4, -0.2) is 23.4 Å². The molecule has 0 bridgehead atoms. The molecule has 8 heteroatoms. The molecular formula is C23H21F3N2O3. The van der Waals surface area contributed by atoms with Crippen molar-refractivity contribution < 1.29 is 27.4 Å². The predicted molar refractivity (Wildman–Crippen MR) is 108 cm³/mol. The Kier molecular flexibility index (Phi) is 4.89. The van der Waals surface area contributed by atoms with Crippen molar-refractivity contribution in [3.8, 4) is 17.2 Å². The summed E-state index contributed by atoms with van der Waals surface area (Å²) in [5, 5.41) is 5.25. The van der Waals surface area contributed by atoms with Crippen molar-refractivity contribution in [1.29, 1.82) is 0 Å². The number of pyridine rings is 1. The molecule has 0 atom stereocenters. The highest BCUT2D eigenvalue weighted by atomic mass is 19.3. The molecule has 1 fully saturated rings. The summed E-state index contributed by atoms with van der Waals surface area (Å²) in [6.07, 6.45) is 1.98. The van der Waals surface area contributed by atoms with Crippen LogP contribution in [0.2, 0.25) is 0 Å². The number of benzene rings is 2. The summed E-state index contributed by atoms with van der Waals surface area (Å²) < 4.78 is 55.6. The number of alkyl halides is 2. The van der Waals surface area contributed by atoms with Gasteiger partial charge in [0.1, 0.15) is 17.7 Å². The SMILES string of the molecule is CCc1cc(F)c(CNC2CC(Oc3ccc4c(c3)OC(F)(F)O4)C2)c2ccncc12. The lowest BCUT2D eigenvalue weighted by Crippen LogP contribution is -2.46. The fourth-order valence-electron chi connectivity index (χ4n) is 4.10. The number of rotatable bonds is 6. The number of hydrogen-bond acceptors (Lipinski definition) is 5. The molecule has 0 spiro atoms. The maximum atomic E-state index is 14.7. The third kappa shape index (κ3) is 3.87. The number of nitrogens with zero attached hydrogens (tertiary/aromatic N) is 1. The molecule has 0 unspecified atom stereocenters. The molecule has 5 rings (SSSR count). The molecule has 31 heavy (non-hydrogen) atoms. The van der Waals surface area contributed by atoms with E-state index in [0.29, 0.717) is 17.9 Å². The number of aryl methyl sites for hydroxylation is 1. The van der Waals surface area contributed by atoms with E-state index in [1.54, 1.807) is 24.5 Å². The normalized spacial score (nSPS) is 21.2. The van der Waals surface area contributed by atoms with E-state index in [9.17, 15) is 13.2 Å². The highest BCUT2D eigenvalue weighted by molar-refractivity contribution is 5.88. The van der Waals surface area contributed by atoms with Crippen LogP contribution in [0, 0.1) is 5.82 Å². The zero-order chi connectivity index (χ0) is 21.6. The van der Waals surface area contributed by atoms with Gasteiger partial charge in [0.05, 0.1) is 0 Å². The van der Waals surface area contributed by atoms with Gasteiger partial charge in [0, 0.05) is 42.0 Å². The van der Waals surface area contributed by atoms with Gasteiger partial charge in [-0.15, -0.1) is 8.78 Å². The second-order valence-electron chi connectivity index (χ2n) is 7.84. The van der Waals surface area contributed by atoms with E-state index in [2.05, 4.69) is 19.8 Å². The van der Waals surface area contributed by atoms with E-state index < -0.39 is 6.29 Å². The maximum absolute atomic E-state index is 14.7. The van der Waals surface area contributed by atoms with Crippen molar-refractivity contribution in [2.75, 3.05) is 0 Å². The zero-order valence-electron chi connectivity index (χ0n) is 16.8. The van der Waals surface area contributed by atoms with Crippen LogP contribution in [-0.2, 0) is 13.0 Å². The largest absolute Gasteiger partial charge is 0.586 e. The van der Waals surface area contributed by atoms with Crippen molar-refractivity contribution >= 4 is 10.8 Å². The first-order valence-electron chi connectivity index (χ1n) is 10.3. The maximum Gasteiger partial charge on any atom is 0.586 e. The van der Waals surface area contributed by atoms with Crippen molar-refractivity contribution in [2.45, 2.75) is 51.2 Å². The van der Waals surface area contributed by atoms with Gasteiger partial charge in [0.25, 0.3) is 0 Å². The lowest BCUT2D eigenvalue weighted by atomic mass is 9.88. The van der Waals surface area contributed by atoms with E-state index in [1.165, 1.54) is 12.1 Å². The van der Waals surface area contributed by atoms with Gasteiger partial charge in [-0.1, -0.05) is 6.92 Å². The molecular weight excluding hydrogens is 409 g/mol. The van der Waals surface area contributed by atoms with Crippen LogP contribution in [0.4, 0.5) is 13.2 Å². The van der Waals surface area contributed by atoms with Gasteiger partial charge in [-0.3, -0.25) is 4.98 Å². The first kappa shape index (κ1) is 19.9. The summed E-state index contributed by atoms with van der Waals surface area (Å²) in [6.45, 7) is 2.41. The fraction of sp³-hybridized carbons (Fsp3) is 0.348. The molecule has 5 nitrogen and oxygen atoms in total. The number of nitrogens with one attached hydrogen (secondary N) is 1. The monoisotopic (exact) mass is 430 g/mol. The first-order chi connectivity index (χ1) is 14.9. The van der Waals surface area contributed by atoms with E-state index in [0.717, 1.165) is 35.6 Å². The van der Waals surface area contributed by atoms with Gasteiger partial charge in [-0.25, -0.2) is 4.39 Å². The summed E-state index contributed by atoms with van der Waals surface area (Å²) in [6, 6.07) is 8.02. The van der Waals surface area contributed by atoms with E-state index >= 15 is 0 Å². The Balaban J connectivity index is 1.19. The molecule has 0 saturated heterocycles. The van der Waals surface area contributed by atoms with E-state index in [-0.39, 0.29) is 29.5 Å². The highest BCUT2D eigenvalue weighted by Crippen LogP contribution is 2.43. The highest BCUT2D eigenvalue weighted by Gasteiger charge is 2.43. The Bertz CT molecular complexity index is 1130. The second-order valence-corrected chi connectivity index (χ2v) is 7.84. The van der Waals surface area contributed by atoms with Gasteiger partial charge in [0.2, 0.25) is 0 Å². The molecule has 3 aromatic rings. The minimum atomic E-state index is -3.64. The minimum Gasteiger partial charge on any atom is -0.490 e. The van der Waals surface area contributed by atoms with Crippen LogP contribution >= 0.6 is 0 Å². The lowest BCUT2D eigenvalue weighted by Gasteiger charge is -2.36. The van der Waals surface area contributed by atoms with Gasteiger partial charge in [-0.2, -0.15) is 0 Å². The first-order valence-corrected chi connectivity index (χ1v) is 10.3. The zero-order valence-corrected chi connectivity index (χ0v) is 16.8. The van der Waals surface area contributed by atoms with Gasteiger partial charge in [-0.05, 0) is 54.5 Å². The van der Waals surface area contributed by atoms with Crippen molar-refractivity contribution in [2.24, 2.45) is 0 Å². The topological polar surface area (TPSA) is 52.6 Å². The molecule has 2 aliphatic rings. The van der Waals surface area contributed by atoms with Gasteiger partial charge in [0.15, 0.2) is 11.5 Å². The van der Waals surface area contributed by atoms with Crippen LogP contribution in [0.25, 0.3) is 10.8 Å². The molecule has 2 aromatic carbocycles. The minimum absolute atomic E-state index is 0.0101. The van der Waals surface area contributed by atoms with Crippen LogP contribution < -0.4 is 19.5 Å². The number of fused-ring (bicyclic) bond motifs is 2. The molecule has 1 N–H and O–H groups in total. The quantitative estimate of drug-likeness (QED) is 0.599. The Morgan fingerprint density at radius 1 is 1.13 bits per heavy atom. The Labute approximate surface area is 177 Å². The number of hydrogen-bond donors (Lipinski definition) is 1. The molecule has 162 valence electrons. The van der Waals surface area contributed by atoms with Gasteiger partial charge >= 0.3 is 6.29 Å². The Morgan fingerprint density at radius 3 is 2.74 bits per heavy atom. The van der Waals surface area contributed by atoms with E-state index in [4.69, 9.17) is 4.74 Å². The van der Waals surface area contributed by atoms with Crippen molar-refractivity contribution in [3.63, 3.8) is 0 Å². The third-order valence-corrected chi connectivity index (χ3v) is 5.80. The molecule has 0 radical (unpaired) electrons. The van der Waals surface area contributed by atoms with Crippen LogP contribution in [0.3, 0.4) is 0 Å². The van der Waals surface area contributed by atoms with E-state index in [1.807, 2.05) is 13.0 Å². The summed E-state index contributed by atoms with van der Waals surface area (Å²) >= 11 is 0. The standard InChI is InChI=1S/C23H21F3N2O3/c1-2-13-7-20(24)19(17-5-6-27-11-18(13)17)12-28-14-8-16(9-14)29-15-3-4-21-22(10-15)31-23(25,26)30-21/h3-7,10-11,14,16,28H,2,8-9,12H2,1H3. The summed E-state index contributed by atoms with van der Waals surface area (Å²) in [5.74, 6) is 0.184. The summed E-state index contributed by atoms with van der Waals surface area (Å²) in [4.78, 5) is 4.18. The lowest BCUT2D eigenvalue weighted by molar-refractivity contribution is -0.286. The van der Waals surface area contributed by atoms with Crippen LogP contribution in [0.1, 0.15) is 30.9 Å². The van der Waals surface area contributed by atoms with Gasteiger partial charge < -0.3 is 19.5 Å². The Morgan fingerprint density at radius 2 is 1.94 bits per heavy atom.